The van der Waals surface area contributed by atoms with E-state index >= 15 is 0 Å². The number of benzene rings is 1. The van der Waals surface area contributed by atoms with Gasteiger partial charge < -0.3 is 15.6 Å². The number of esters is 1. The van der Waals surface area contributed by atoms with Gasteiger partial charge in [-0.15, -0.1) is 0 Å². The number of rotatable bonds is 5. The zero-order valence-corrected chi connectivity index (χ0v) is 12.0. The van der Waals surface area contributed by atoms with Crippen LogP contribution in [0, 0.1) is 5.92 Å². The summed E-state index contributed by atoms with van der Waals surface area (Å²) in [6.45, 7) is 5.06. The fraction of sp³-hybridized carbons (Fsp3) is 0.467. The smallest absolute Gasteiger partial charge is 0.322 e. The second-order valence-corrected chi connectivity index (χ2v) is 5.70. The lowest BCUT2D eigenvalue weighted by Gasteiger charge is -2.25. The molecule has 2 atom stereocenters. The SMILES string of the molecule is CC(C)(C)OC(=O)C(C(=O)O)C(N)Cc1ccccc1. The summed E-state index contributed by atoms with van der Waals surface area (Å²) >= 11 is 0. The molecule has 0 bridgehead atoms. The summed E-state index contributed by atoms with van der Waals surface area (Å²) in [6, 6.07) is 8.39. The van der Waals surface area contributed by atoms with Crippen molar-refractivity contribution in [1.82, 2.24) is 0 Å². The van der Waals surface area contributed by atoms with Crippen molar-refractivity contribution >= 4 is 11.9 Å². The molecule has 0 aliphatic rings. The average Bonchev–Trinajstić information content (AvgIpc) is 2.26. The van der Waals surface area contributed by atoms with Crippen LogP contribution < -0.4 is 5.73 Å². The predicted octanol–water partition coefficient (Wildman–Crippen LogP) is 1.60. The number of hydrogen-bond acceptors (Lipinski definition) is 4. The van der Waals surface area contributed by atoms with Gasteiger partial charge in [0.2, 0.25) is 0 Å². The van der Waals surface area contributed by atoms with Crippen LogP contribution in [-0.2, 0) is 20.7 Å². The first-order chi connectivity index (χ1) is 9.20. The molecule has 0 saturated heterocycles. The molecule has 0 aromatic heterocycles. The minimum atomic E-state index is -1.37. The number of carbonyl (C=O) groups excluding carboxylic acids is 1. The Bertz CT molecular complexity index is 465. The van der Waals surface area contributed by atoms with Gasteiger partial charge in [-0.2, -0.15) is 0 Å². The second-order valence-electron chi connectivity index (χ2n) is 5.70. The summed E-state index contributed by atoms with van der Waals surface area (Å²) in [5.41, 5.74) is 6.03. The van der Waals surface area contributed by atoms with Crippen molar-refractivity contribution in [2.24, 2.45) is 11.7 Å². The lowest BCUT2D eigenvalue weighted by atomic mass is 9.94. The molecule has 0 saturated carbocycles. The van der Waals surface area contributed by atoms with Crippen LogP contribution >= 0.6 is 0 Å². The first kappa shape index (κ1) is 16.2. The Hall–Kier alpha value is -1.88. The molecule has 0 aliphatic carbocycles. The molecule has 0 heterocycles. The van der Waals surface area contributed by atoms with Gasteiger partial charge in [-0.05, 0) is 32.8 Å². The molecule has 3 N–H and O–H groups in total. The van der Waals surface area contributed by atoms with Crippen LogP contribution in [0.3, 0.4) is 0 Å². The van der Waals surface area contributed by atoms with E-state index in [4.69, 9.17) is 10.5 Å². The van der Waals surface area contributed by atoms with Gasteiger partial charge in [-0.1, -0.05) is 30.3 Å². The summed E-state index contributed by atoms with van der Waals surface area (Å²) in [5.74, 6) is -3.43. The zero-order valence-electron chi connectivity index (χ0n) is 12.0. The van der Waals surface area contributed by atoms with Crippen molar-refractivity contribution in [3.05, 3.63) is 35.9 Å². The second kappa shape index (κ2) is 6.52. The van der Waals surface area contributed by atoms with Gasteiger partial charge in [0.25, 0.3) is 0 Å². The first-order valence-electron chi connectivity index (χ1n) is 6.46. The Balaban J connectivity index is 2.80. The van der Waals surface area contributed by atoms with Crippen molar-refractivity contribution in [3.63, 3.8) is 0 Å². The van der Waals surface area contributed by atoms with Gasteiger partial charge in [0, 0.05) is 6.04 Å². The van der Waals surface area contributed by atoms with Crippen LogP contribution in [0.25, 0.3) is 0 Å². The van der Waals surface area contributed by atoms with Gasteiger partial charge >= 0.3 is 11.9 Å². The van der Waals surface area contributed by atoms with Gasteiger partial charge in [0.1, 0.15) is 5.60 Å². The molecule has 2 unspecified atom stereocenters. The van der Waals surface area contributed by atoms with Crippen molar-refractivity contribution in [2.45, 2.75) is 38.8 Å². The van der Waals surface area contributed by atoms with Crippen LogP contribution in [0.5, 0.6) is 0 Å². The molecular weight excluding hydrogens is 258 g/mol. The molecule has 1 aromatic rings. The number of carboxylic acids is 1. The molecule has 0 spiro atoms. The molecule has 5 heteroatoms. The molecule has 20 heavy (non-hydrogen) atoms. The standard InChI is InChI=1S/C15H21NO4/c1-15(2,3)20-14(19)12(13(17)18)11(16)9-10-7-5-4-6-8-10/h4-8,11-12H,9,16H2,1-3H3,(H,17,18). The molecule has 110 valence electrons. The van der Waals surface area contributed by atoms with Crippen LogP contribution in [-0.4, -0.2) is 28.7 Å². The Morgan fingerprint density at radius 3 is 2.25 bits per heavy atom. The van der Waals surface area contributed by atoms with E-state index in [1.165, 1.54) is 0 Å². The highest BCUT2D eigenvalue weighted by Gasteiger charge is 2.36. The lowest BCUT2D eigenvalue weighted by molar-refractivity contribution is -0.167. The van der Waals surface area contributed by atoms with Crippen LogP contribution in [0.4, 0.5) is 0 Å². The summed E-state index contributed by atoms with van der Waals surface area (Å²) in [6.07, 6.45) is 0.303. The van der Waals surface area contributed by atoms with Gasteiger partial charge in [0.15, 0.2) is 5.92 Å². The van der Waals surface area contributed by atoms with E-state index in [-0.39, 0.29) is 0 Å². The fourth-order valence-electron chi connectivity index (χ4n) is 1.83. The lowest BCUT2D eigenvalue weighted by Crippen LogP contribution is -2.45. The fourth-order valence-corrected chi connectivity index (χ4v) is 1.83. The zero-order chi connectivity index (χ0) is 15.3. The maximum atomic E-state index is 11.9. The third-order valence-corrected chi connectivity index (χ3v) is 2.67. The highest BCUT2D eigenvalue weighted by molar-refractivity contribution is 5.95. The van der Waals surface area contributed by atoms with Crippen molar-refractivity contribution in [3.8, 4) is 0 Å². The summed E-state index contributed by atoms with van der Waals surface area (Å²) < 4.78 is 5.12. The summed E-state index contributed by atoms with van der Waals surface area (Å²) in [5, 5.41) is 9.21. The monoisotopic (exact) mass is 279 g/mol. The maximum absolute atomic E-state index is 11.9. The number of aliphatic carboxylic acids is 1. The minimum Gasteiger partial charge on any atom is -0.481 e. The van der Waals surface area contributed by atoms with E-state index in [1.54, 1.807) is 20.8 Å². The van der Waals surface area contributed by atoms with E-state index < -0.39 is 29.5 Å². The topological polar surface area (TPSA) is 89.6 Å². The van der Waals surface area contributed by atoms with Crippen molar-refractivity contribution in [1.29, 1.82) is 0 Å². The van der Waals surface area contributed by atoms with Gasteiger partial charge in [0.05, 0.1) is 0 Å². The molecule has 0 aliphatic heterocycles. The van der Waals surface area contributed by atoms with E-state index in [9.17, 15) is 14.7 Å². The summed E-state index contributed by atoms with van der Waals surface area (Å²) in [7, 11) is 0. The molecular formula is C15H21NO4. The van der Waals surface area contributed by atoms with E-state index in [1.807, 2.05) is 30.3 Å². The predicted molar refractivity (Wildman–Crippen MR) is 75.1 cm³/mol. The Morgan fingerprint density at radius 2 is 1.80 bits per heavy atom. The van der Waals surface area contributed by atoms with Gasteiger partial charge in [-0.25, -0.2) is 0 Å². The minimum absolute atomic E-state index is 0.303. The van der Waals surface area contributed by atoms with Gasteiger partial charge in [-0.3, -0.25) is 9.59 Å². The number of nitrogens with two attached hydrogens (primary N) is 1. The van der Waals surface area contributed by atoms with Crippen molar-refractivity contribution in [2.75, 3.05) is 0 Å². The number of carboxylic acid groups (broad SMARTS) is 1. The Morgan fingerprint density at radius 1 is 1.25 bits per heavy atom. The summed E-state index contributed by atoms with van der Waals surface area (Å²) in [4.78, 5) is 23.2. The third-order valence-electron chi connectivity index (χ3n) is 2.67. The quantitative estimate of drug-likeness (QED) is 0.631. The molecule has 1 aromatic carbocycles. The molecule has 0 radical (unpaired) electrons. The van der Waals surface area contributed by atoms with E-state index in [0.717, 1.165) is 5.56 Å². The van der Waals surface area contributed by atoms with Crippen LogP contribution in [0.15, 0.2) is 30.3 Å². The first-order valence-corrected chi connectivity index (χ1v) is 6.46. The molecule has 0 amide bonds. The van der Waals surface area contributed by atoms with Crippen LogP contribution in [0.1, 0.15) is 26.3 Å². The molecule has 5 nitrogen and oxygen atoms in total. The Labute approximate surface area is 118 Å². The van der Waals surface area contributed by atoms with Crippen LogP contribution in [0.2, 0.25) is 0 Å². The highest BCUT2D eigenvalue weighted by atomic mass is 16.6. The molecule has 1 rings (SSSR count). The normalized spacial score (nSPS) is 14.4. The van der Waals surface area contributed by atoms with E-state index in [0.29, 0.717) is 6.42 Å². The highest BCUT2D eigenvalue weighted by Crippen LogP contribution is 2.16. The van der Waals surface area contributed by atoms with E-state index in [2.05, 4.69) is 0 Å². The number of hydrogen-bond donors (Lipinski definition) is 2. The third kappa shape index (κ3) is 5.01. The Kier molecular flexibility index (Phi) is 5.27. The number of ether oxygens (including phenoxy) is 1. The largest absolute Gasteiger partial charge is 0.481 e. The molecule has 0 fully saturated rings. The van der Waals surface area contributed by atoms with Crippen molar-refractivity contribution < 1.29 is 19.4 Å². The average molecular weight is 279 g/mol. The maximum Gasteiger partial charge on any atom is 0.322 e. The number of carbonyl (C=O) groups is 2.